The van der Waals surface area contributed by atoms with Crippen molar-refractivity contribution in [3.05, 3.63) is 29.3 Å². The number of nitrogens with two attached hydrogens (primary N) is 1. The quantitative estimate of drug-likeness (QED) is 0.782. The molecule has 0 radical (unpaired) electrons. The predicted molar refractivity (Wildman–Crippen MR) is 65.1 cm³/mol. The molecule has 0 unspecified atom stereocenters. The Hall–Kier alpha value is -0.180. The summed E-state index contributed by atoms with van der Waals surface area (Å²) < 4.78 is 0. The molecule has 14 heavy (non-hydrogen) atoms. The van der Waals surface area contributed by atoms with E-state index in [9.17, 15) is 0 Å². The maximum Gasteiger partial charge on any atom is 0.0406 e. The van der Waals surface area contributed by atoms with E-state index in [0.29, 0.717) is 6.04 Å². The zero-order valence-corrected chi connectivity index (χ0v) is 9.94. The van der Waals surface area contributed by atoms with Gasteiger partial charge in [0.05, 0.1) is 0 Å². The molecular weight excluding hydrogens is 214 g/mol. The monoisotopic (exact) mass is 229 g/mol. The highest BCUT2D eigenvalue weighted by Crippen LogP contribution is 2.21. The minimum absolute atomic E-state index is 0.306. The minimum Gasteiger partial charge on any atom is -0.327 e. The summed E-state index contributed by atoms with van der Waals surface area (Å²) in [5.41, 5.74) is 5.92. The van der Waals surface area contributed by atoms with Gasteiger partial charge in [0.25, 0.3) is 0 Å². The largest absolute Gasteiger partial charge is 0.327 e. The lowest BCUT2D eigenvalue weighted by Gasteiger charge is -2.09. The zero-order chi connectivity index (χ0) is 10.4. The molecule has 0 saturated heterocycles. The van der Waals surface area contributed by atoms with Gasteiger partial charge >= 0.3 is 0 Å². The lowest BCUT2D eigenvalue weighted by molar-refractivity contribution is 0.661. The molecule has 1 aromatic rings. The lowest BCUT2D eigenvalue weighted by atomic mass is 10.2. The maximum atomic E-state index is 5.92. The fourth-order valence-electron chi connectivity index (χ4n) is 1.19. The van der Waals surface area contributed by atoms with E-state index in [1.807, 2.05) is 24.3 Å². The van der Waals surface area contributed by atoms with Gasteiger partial charge < -0.3 is 5.73 Å². The van der Waals surface area contributed by atoms with Crippen molar-refractivity contribution in [1.29, 1.82) is 0 Å². The smallest absolute Gasteiger partial charge is 0.0406 e. The third-order valence-electron chi connectivity index (χ3n) is 1.94. The SMILES string of the molecule is CCC[C@H](N)CSc1ccc(Cl)cc1. The van der Waals surface area contributed by atoms with E-state index in [1.54, 1.807) is 11.8 Å². The molecule has 0 aliphatic heterocycles. The van der Waals surface area contributed by atoms with Crippen LogP contribution in [0.3, 0.4) is 0 Å². The van der Waals surface area contributed by atoms with Gasteiger partial charge in [0.15, 0.2) is 0 Å². The number of halogens is 1. The number of rotatable bonds is 5. The molecule has 1 aromatic carbocycles. The van der Waals surface area contributed by atoms with Crippen LogP contribution >= 0.6 is 23.4 Å². The van der Waals surface area contributed by atoms with Crippen molar-refractivity contribution in [2.75, 3.05) is 5.75 Å². The van der Waals surface area contributed by atoms with Gasteiger partial charge in [-0.05, 0) is 30.7 Å². The Balaban J connectivity index is 2.34. The number of hydrogen-bond donors (Lipinski definition) is 1. The number of thioether (sulfide) groups is 1. The Kier molecular flexibility index (Phi) is 5.38. The molecular formula is C11H16ClNS. The van der Waals surface area contributed by atoms with E-state index in [-0.39, 0.29) is 0 Å². The highest BCUT2D eigenvalue weighted by Gasteiger charge is 2.01. The van der Waals surface area contributed by atoms with Gasteiger partial charge in [0, 0.05) is 21.7 Å². The third-order valence-corrected chi connectivity index (χ3v) is 3.39. The molecule has 1 nitrogen and oxygen atoms in total. The van der Waals surface area contributed by atoms with Crippen LogP contribution in [-0.2, 0) is 0 Å². The molecule has 1 atom stereocenters. The third kappa shape index (κ3) is 4.36. The fourth-order valence-corrected chi connectivity index (χ4v) is 2.22. The summed E-state index contributed by atoms with van der Waals surface area (Å²) >= 11 is 7.58. The van der Waals surface area contributed by atoms with Gasteiger partial charge in [-0.3, -0.25) is 0 Å². The van der Waals surface area contributed by atoms with Crippen molar-refractivity contribution in [2.45, 2.75) is 30.7 Å². The van der Waals surface area contributed by atoms with Gasteiger partial charge in [-0.15, -0.1) is 11.8 Å². The average molecular weight is 230 g/mol. The molecule has 0 amide bonds. The first kappa shape index (κ1) is 11.9. The van der Waals surface area contributed by atoms with Gasteiger partial charge in [-0.25, -0.2) is 0 Å². The summed E-state index contributed by atoms with van der Waals surface area (Å²) in [6, 6.07) is 8.20. The van der Waals surface area contributed by atoms with Gasteiger partial charge in [-0.2, -0.15) is 0 Å². The lowest BCUT2D eigenvalue weighted by Crippen LogP contribution is -2.22. The van der Waals surface area contributed by atoms with E-state index >= 15 is 0 Å². The number of hydrogen-bond acceptors (Lipinski definition) is 2. The van der Waals surface area contributed by atoms with E-state index in [2.05, 4.69) is 6.92 Å². The van der Waals surface area contributed by atoms with Crippen molar-refractivity contribution < 1.29 is 0 Å². The number of benzene rings is 1. The molecule has 0 spiro atoms. The van der Waals surface area contributed by atoms with Crippen LogP contribution in [0, 0.1) is 0 Å². The summed E-state index contributed by atoms with van der Waals surface area (Å²) in [4.78, 5) is 1.24. The average Bonchev–Trinajstić information content (AvgIpc) is 2.17. The molecule has 0 heterocycles. The fraction of sp³-hybridized carbons (Fsp3) is 0.455. The van der Waals surface area contributed by atoms with E-state index in [4.69, 9.17) is 17.3 Å². The molecule has 0 fully saturated rings. The standard InChI is InChI=1S/C11H16ClNS/c1-2-3-10(13)8-14-11-6-4-9(12)5-7-11/h4-7,10H,2-3,8,13H2,1H3/t10-/m0/s1. The molecule has 0 bridgehead atoms. The zero-order valence-electron chi connectivity index (χ0n) is 8.37. The van der Waals surface area contributed by atoms with Gasteiger partial charge in [0.2, 0.25) is 0 Å². The van der Waals surface area contributed by atoms with Crippen LogP contribution in [0.15, 0.2) is 29.2 Å². The summed E-state index contributed by atoms with van der Waals surface area (Å²) in [6.07, 6.45) is 2.25. The van der Waals surface area contributed by atoms with Crippen LogP contribution in [-0.4, -0.2) is 11.8 Å². The summed E-state index contributed by atoms with van der Waals surface area (Å²) in [7, 11) is 0. The van der Waals surface area contributed by atoms with Crippen LogP contribution in [0.25, 0.3) is 0 Å². The Morgan fingerprint density at radius 1 is 1.36 bits per heavy atom. The molecule has 78 valence electrons. The van der Waals surface area contributed by atoms with Crippen molar-refractivity contribution in [2.24, 2.45) is 5.73 Å². The van der Waals surface area contributed by atoms with Crippen molar-refractivity contribution in [1.82, 2.24) is 0 Å². The van der Waals surface area contributed by atoms with E-state index < -0.39 is 0 Å². The summed E-state index contributed by atoms with van der Waals surface area (Å²) in [6.45, 7) is 2.16. The van der Waals surface area contributed by atoms with Gasteiger partial charge in [-0.1, -0.05) is 24.9 Å². The predicted octanol–water partition coefficient (Wildman–Crippen LogP) is 3.56. The Labute approximate surface area is 95.0 Å². The second-order valence-corrected chi connectivity index (χ2v) is 4.84. The van der Waals surface area contributed by atoms with Crippen LogP contribution in [0.5, 0.6) is 0 Å². The van der Waals surface area contributed by atoms with Crippen molar-refractivity contribution in [3.8, 4) is 0 Å². The second kappa shape index (κ2) is 6.33. The van der Waals surface area contributed by atoms with Crippen LogP contribution in [0.2, 0.25) is 5.02 Å². The normalized spacial score (nSPS) is 12.8. The molecule has 0 aliphatic carbocycles. The molecule has 2 N–H and O–H groups in total. The highest BCUT2D eigenvalue weighted by molar-refractivity contribution is 7.99. The van der Waals surface area contributed by atoms with Crippen molar-refractivity contribution in [3.63, 3.8) is 0 Å². The van der Waals surface area contributed by atoms with E-state index in [1.165, 1.54) is 4.90 Å². The second-order valence-electron chi connectivity index (χ2n) is 3.31. The highest BCUT2D eigenvalue weighted by atomic mass is 35.5. The Morgan fingerprint density at radius 3 is 2.57 bits per heavy atom. The molecule has 0 saturated carbocycles. The van der Waals surface area contributed by atoms with Crippen LogP contribution < -0.4 is 5.73 Å². The maximum absolute atomic E-state index is 5.92. The molecule has 3 heteroatoms. The first-order chi connectivity index (χ1) is 6.72. The van der Waals surface area contributed by atoms with Gasteiger partial charge in [0.1, 0.15) is 0 Å². The molecule has 0 aromatic heterocycles. The molecule has 1 rings (SSSR count). The van der Waals surface area contributed by atoms with Crippen LogP contribution in [0.4, 0.5) is 0 Å². The first-order valence-electron chi connectivity index (χ1n) is 4.86. The molecule has 0 aliphatic rings. The Bertz CT molecular complexity index is 260. The first-order valence-corrected chi connectivity index (χ1v) is 6.22. The minimum atomic E-state index is 0.306. The van der Waals surface area contributed by atoms with Crippen LogP contribution in [0.1, 0.15) is 19.8 Å². The summed E-state index contributed by atoms with van der Waals surface area (Å²) in [5, 5.41) is 0.784. The summed E-state index contributed by atoms with van der Waals surface area (Å²) in [5.74, 6) is 0.982. The Morgan fingerprint density at radius 2 is 2.00 bits per heavy atom. The van der Waals surface area contributed by atoms with E-state index in [0.717, 1.165) is 23.6 Å². The topological polar surface area (TPSA) is 26.0 Å². The van der Waals surface area contributed by atoms with Crippen molar-refractivity contribution >= 4 is 23.4 Å².